The first-order chi connectivity index (χ1) is 7.86. The fourth-order valence-electron chi connectivity index (χ4n) is 1.49. The van der Waals surface area contributed by atoms with E-state index in [2.05, 4.69) is 63.9 Å². The first kappa shape index (κ1) is 14.5. The van der Waals surface area contributed by atoms with Crippen molar-refractivity contribution < 1.29 is 0 Å². The first-order valence-electron chi connectivity index (χ1n) is 5.89. The third-order valence-corrected chi connectivity index (χ3v) is 7.57. The van der Waals surface area contributed by atoms with Crippen molar-refractivity contribution in [1.29, 1.82) is 0 Å². The maximum absolute atomic E-state index is 2.41. The molecule has 0 spiro atoms. The Bertz CT molecular complexity index is 306. The van der Waals surface area contributed by atoms with Gasteiger partial charge in [-0.1, -0.05) is 0 Å². The van der Waals surface area contributed by atoms with Gasteiger partial charge in [0, 0.05) is 0 Å². The number of benzene rings is 1. The zero-order valence-corrected chi connectivity index (χ0v) is 14.3. The van der Waals surface area contributed by atoms with Crippen LogP contribution in [0.1, 0.15) is 39.0 Å². The van der Waals surface area contributed by atoms with Crippen LogP contribution in [0.15, 0.2) is 38.0 Å². The second-order valence-electron chi connectivity index (χ2n) is 3.80. The van der Waals surface area contributed by atoms with Crippen molar-refractivity contribution in [3.8, 4) is 0 Å². The number of halogens is 1. The van der Waals surface area contributed by atoms with Gasteiger partial charge < -0.3 is 0 Å². The summed E-state index contributed by atoms with van der Waals surface area (Å²) in [6, 6.07) is 11.0. The fourth-order valence-corrected chi connectivity index (χ4v) is 5.19. The summed E-state index contributed by atoms with van der Waals surface area (Å²) in [5, 5.41) is 0. The van der Waals surface area contributed by atoms with Crippen molar-refractivity contribution in [3.63, 3.8) is 0 Å². The SMILES string of the molecule is CCCCCC/C(=C\I)[Te]c1ccccc1. The van der Waals surface area contributed by atoms with E-state index in [0.29, 0.717) is 0 Å². The predicted octanol–water partition coefficient (Wildman–Crippen LogP) is 4.26. The molecule has 0 saturated carbocycles. The minimum absolute atomic E-state index is 0.0950. The molecule has 0 heterocycles. The summed E-state index contributed by atoms with van der Waals surface area (Å²) < 4.78 is 5.58. The van der Waals surface area contributed by atoms with Gasteiger partial charge in [-0.3, -0.25) is 0 Å². The average Bonchev–Trinajstić information content (AvgIpc) is 2.34. The van der Waals surface area contributed by atoms with E-state index >= 15 is 0 Å². The van der Waals surface area contributed by atoms with Crippen LogP contribution in [0.25, 0.3) is 0 Å². The van der Waals surface area contributed by atoms with E-state index in [1.807, 2.05) is 0 Å². The van der Waals surface area contributed by atoms with Crippen molar-refractivity contribution in [2.75, 3.05) is 0 Å². The summed E-state index contributed by atoms with van der Waals surface area (Å²) in [6.45, 7) is 2.27. The number of hydrogen-bond acceptors (Lipinski definition) is 0. The van der Waals surface area contributed by atoms with Crippen molar-refractivity contribution >= 4 is 47.1 Å². The molecule has 88 valence electrons. The zero-order valence-electron chi connectivity index (χ0n) is 9.79. The van der Waals surface area contributed by atoms with Crippen LogP contribution < -0.4 is 3.61 Å². The van der Waals surface area contributed by atoms with Gasteiger partial charge in [0.15, 0.2) is 0 Å². The van der Waals surface area contributed by atoms with Crippen molar-refractivity contribution in [2.24, 2.45) is 0 Å². The summed E-state index contributed by atoms with van der Waals surface area (Å²) in [5.41, 5.74) is 0. The van der Waals surface area contributed by atoms with E-state index in [9.17, 15) is 0 Å². The molecule has 0 nitrogen and oxygen atoms in total. The van der Waals surface area contributed by atoms with Crippen molar-refractivity contribution in [2.45, 2.75) is 39.0 Å². The molecule has 0 unspecified atom stereocenters. The second kappa shape index (κ2) is 9.50. The summed E-state index contributed by atoms with van der Waals surface area (Å²) in [7, 11) is 0. The van der Waals surface area contributed by atoms with Gasteiger partial charge in [-0.25, -0.2) is 0 Å². The van der Waals surface area contributed by atoms with E-state index in [1.165, 1.54) is 32.1 Å². The Labute approximate surface area is 123 Å². The van der Waals surface area contributed by atoms with Crippen LogP contribution in [0.2, 0.25) is 0 Å². The Balaban J connectivity index is 2.33. The summed E-state index contributed by atoms with van der Waals surface area (Å²) in [5.74, 6) is 0. The standard InChI is InChI=1S/C14H19ITe/c1-2-3-4-6-11-14(12-15)16-13-9-7-5-8-10-13/h5,7-10,12H,2-4,6,11H2,1H3/b14-12+. The Morgan fingerprint density at radius 2 is 1.94 bits per heavy atom. The van der Waals surface area contributed by atoms with Crippen LogP contribution in [0.4, 0.5) is 0 Å². The van der Waals surface area contributed by atoms with E-state index in [0.717, 1.165) is 0 Å². The van der Waals surface area contributed by atoms with Gasteiger partial charge >= 0.3 is 124 Å². The molecule has 0 N–H and O–H groups in total. The van der Waals surface area contributed by atoms with Crippen LogP contribution in [0.3, 0.4) is 0 Å². The summed E-state index contributed by atoms with van der Waals surface area (Å²) in [6.07, 6.45) is 6.81. The monoisotopic (exact) mass is 444 g/mol. The molecule has 0 bridgehead atoms. The molecule has 0 radical (unpaired) electrons. The van der Waals surface area contributed by atoms with Gasteiger partial charge in [0.25, 0.3) is 0 Å². The predicted molar refractivity (Wildman–Crippen MR) is 82.7 cm³/mol. The molecule has 16 heavy (non-hydrogen) atoms. The van der Waals surface area contributed by atoms with Crippen LogP contribution >= 0.6 is 22.6 Å². The van der Waals surface area contributed by atoms with Crippen LogP contribution in [-0.4, -0.2) is 20.9 Å². The molecule has 0 saturated heterocycles. The Kier molecular flexibility index (Phi) is 8.64. The molecule has 1 rings (SSSR count). The maximum atomic E-state index is 2.41. The van der Waals surface area contributed by atoms with Crippen molar-refractivity contribution in [3.05, 3.63) is 38.0 Å². The van der Waals surface area contributed by atoms with E-state index in [-0.39, 0.29) is 20.9 Å². The van der Waals surface area contributed by atoms with Crippen molar-refractivity contribution in [1.82, 2.24) is 0 Å². The molecule has 0 aliphatic carbocycles. The van der Waals surface area contributed by atoms with E-state index in [1.54, 1.807) is 7.23 Å². The molecular formula is C14H19ITe. The molecule has 2 heteroatoms. The molecule has 0 aromatic heterocycles. The number of allylic oxidation sites excluding steroid dienone is 1. The average molecular weight is 442 g/mol. The van der Waals surface area contributed by atoms with Gasteiger partial charge in [0.05, 0.1) is 0 Å². The number of unbranched alkanes of at least 4 members (excludes halogenated alkanes) is 3. The van der Waals surface area contributed by atoms with Crippen LogP contribution in [0.5, 0.6) is 0 Å². The molecule has 0 aliphatic rings. The number of hydrogen-bond donors (Lipinski definition) is 0. The summed E-state index contributed by atoms with van der Waals surface area (Å²) >= 11 is 2.31. The van der Waals surface area contributed by atoms with Gasteiger partial charge in [-0.2, -0.15) is 0 Å². The molecule has 1 aromatic rings. The molecule has 1 aromatic carbocycles. The Hall–Kier alpha value is 0.480. The number of rotatable bonds is 7. The molecule has 0 amide bonds. The molecule has 0 fully saturated rings. The molecule has 0 atom stereocenters. The second-order valence-corrected chi connectivity index (χ2v) is 7.85. The molecule has 0 aliphatic heterocycles. The third-order valence-electron chi connectivity index (χ3n) is 2.39. The van der Waals surface area contributed by atoms with Gasteiger partial charge in [0.1, 0.15) is 0 Å². The topological polar surface area (TPSA) is 0 Å². The van der Waals surface area contributed by atoms with Gasteiger partial charge in [-0.05, 0) is 0 Å². The normalized spacial score (nSPS) is 11.8. The third kappa shape index (κ3) is 6.27. The summed E-state index contributed by atoms with van der Waals surface area (Å²) in [4.78, 5) is 0. The zero-order chi connectivity index (χ0) is 11.6. The van der Waals surface area contributed by atoms with Gasteiger partial charge in [-0.15, -0.1) is 0 Å². The molecular weight excluding hydrogens is 423 g/mol. The van der Waals surface area contributed by atoms with Crippen LogP contribution in [-0.2, 0) is 0 Å². The Morgan fingerprint density at radius 3 is 2.56 bits per heavy atom. The van der Waals surface area contributed by atoms with E-state index < -0.39 is 0 Å². The quantitative estimate of drug-likeness (QED) is 0.337. The Morgan fingerprint density at radius 1 is 1.19 bits per heavy atom. The van der Waals surface area contributed by atoms with Crippen LogP contribution in [0, 0.1) is 0 Å². The van der Waals surface area contributed by atoms with E-state index in [4.69, 9.17) is 0 Å². The minimum atomic E-state index is -0.0950. The van der Waals surface area contributed by atoms with Gasteiger partial charge in [0.2, 0.25) is 0 Å². The fraction of sp³-hybridized carbons (Fsp3) is 0.429. The first-order valence-corrected chi connectivity index (χ1v) is 9.46.